The summed E-state index contributed by atoms with van der Waals surface area (Å²) in [6, 6.07) is 9.84. The summed E-state index contributed by atoms with van der Waals surface area (Å²) >= 11 is 0. The zero-order chi connectivity index (χ0) is 15.6. The lowest BCUT2D eigenvalue weighted by Crippen LogP contribution is -1.97. The fraction of sp³-hybridized carbons (Fsp3) is 0.278. The summed E-state index contributed by atoms with van der Waals surface area (Å²) in [7, 11) is 0. The molecule has 2 aromatic heterocycles. The zero-order valence-electron chi connectivity index (χ0n) is 13.0. The molecule has 0 atom stereocenters. The maximum absolute atomic E-state index is 5.76. The van der Waals surface area contributed by atoms with E-state index in [2.05, 4.69) is 0 Å². The summed E-state index contributed by atoms with van der Waals surface area (Å²) in [5, 5.41) is 0. The van der Waals surface area contributed by atoms with Gasteiger partial charge in [-0.25, -0.2) is 4.98 Å². The molecule has 1 aliphatic heterocycles. The first-order valence-corrected chi connectivity index (χ1v) is 7.85. The Hall–Kier alpha value is -2.69. The van der Waals surface area contributed by atoms with Crippen LogP contribution in [-0.2, 0) is 0 Å². The molecule has 4 rings (SSSR count). The first-order chi connectivity index (χ1) is 11.3. The average molecular weight is 310 g/mol. The SMILES string of the molecule is CCOc1cccn2cc(-c3ccc4c(c3)OCCCO4)nc12. The van der Waals surface area contributed by atoms with E-state index in [0.29, 0.717) is 19.8 Å². The highest BCUT2D eigenvalue weighted by atomic mass is 16.5. The van der Waals surface area contributed by atoms with Gasteiger partial charge in [0.1, 0.15) is 0 Å². The van der Waals surface area contributed by atoms with Crippen molar-refractivity contribution in [2.45, 2.75) is 13.3 Å². The third kappa shape index (κ3) is 2.59. The lowest BCUT2D eigenvalue weighted by atomic mass is 10.1. The molecule has 0 unspecified atom stereocenters. The fourth-order valence-corrected chi connectivity index (χ4v) is 2.72. The lowest BCUT2D eigenvalue weighted by molar-refractivity contribution is 0.297. The van der Waals surface area contributed by atoms with E-state index in [4.69, 9.17) is 19.2 Å². The van der Waals surface area contributed by atoms with Crippen molar-refractivity contribution in [1.82, 2.24) is 9.38 Å². The van der Waals surface area contributed by atoms with Gasteiger partial charge in [0, 0.05) is 24.4 Å². The van der Waals surface area contributed by atoms with Gasteiger partial charge in [-0.05, 0) is 37.3 Å². The molecule has 5 heteroatoms. The number of benzene rings is 1. The predicted octanol–water partition coefficient (Wildman–Crippen LogP) is 3.56. The third-order valence-electron chi connectivity index (χ3n) is 3.79. The van der Waals surface area contributed by atoms with E-state index in [-0.39, 0.29) is 0 Å². The molecule has 3 heterocycles. The molecule has 0 radical (unpaired) electrons. The highest BCUT2D eigenvalue weighted by Crippen LogP contribution is 2.34. The van der Waals surface area contributed by atoms with Crippen molar-refractivity contribution >= 4 is 5.65 Å². The summed E-state index contributed by atoms with van der Waals surface area (Å²) in [6.07, 6.45) is 4.87. The molecule has 0 aliphatic carbocycles. The molecular weight excluding hydrogens is 292 g/mol. The Labute approximate surface area is 134 Å². The maximum Gasteiger partial charge on any atom is 0.180 e. The van der Waals surface area contributed by atoms with E-state index in [9.17, 15) is 0 Å². The largest absolute Gasteiger partial charge is 0.490 e. The first kappa shape index (κ1) is 13.9. The van der Waals surface area contributed by atoms with Crippen LogP contribution >= 0.6 is 0 Å². The Morgan fingerprint density at radius 1 is 1.17 bits per heavy atom. The number of pyridine rings is 1. The van der Waals surface area contributed by atoms with Crippen LogP contribution in [0.1, 0.15) is 13.3 Å². The van der Waals surface area contributed by atoms with Crippen molar-refractivity contribution in [1.29, 1.82) is 0 Å². The fourth-order valence-electron chi connectivity index (χ4n) is 2.72. The number of fused-ring (bicyclic) bond motifs is 2. The summed E-state index contributed by atoms with van der Waals surface area (Å²) in [5.41, 5.74) is 2.70. The topological polar surface area (TPSA) is 45.0 Å². The predicted molar refractivity (Wildman–Crippen MR) is 87.4 cm³/mol. The summed E-state index contributed by atoms with van der Waals surface area (Å²) in [6.45, 7) is 3.96. The van der Waals surface area contributed by atoms with Gasteiger partial charge in [-0.2, -0.15) is 0 Å². The van der Waals surface area contributed by atoms with E-state index in [1.54, 1.807) is 0 Å². The van der Waals surface area contributed by atoms with Gasteiger partial charge in [0.05, 0.1) is 25.5 Å². The second-order valence-electron chi connectivity index (χ2n) is 5.37. The maximum atomic E-state index is 5.76. The van der Waals surface area contributed by atoms with Crippen LogP contribution in [-0.4, -0.2) is 29.2 Å². The van der Waals surface area contributed by atoms with Crippen molar-refractivity contribution in [2.24, 2.45) is 0 Å². The monoisotopic (exact) mass is 310 g/mol. The van der Waals surface area contributed by atoms with Crippen molar-refractivity contribution in [2.75, 3.05) is 19.8 Å². The molecule has 118 valence electrons. The van der Waals surface area contributed by atoms with Crippen molar-refractivity contribution in [3.05, 3.63) is 42.7 Å². The number of rotatable bonds is 3. The van der Waals surface area contributed by atoms with E-state index >= 15 is 0 Å². The molecule has 0 spiro atoms. The van der Waals surface area contributed by atoms with Gasteiger partial charge in [-0.3, -0.25) is 0 Å². The number of imidazole rings is 1. The smallest absolute Gasteiger partial charge is 0.180 e. The number of aromatic nitrogens is 2. The molecule has 3 aromatic rings. The van der Waals surface area contributed by atoms with Gasteiger partial charge >= 0.3 is 0 Å². The van der Waals surface area contributed by atoms with Crippen LogP contribution in [0.2, 0.25) is 0 Å². The van der Waals surface area contributed by atoms with Crippen LogP contribution in [0, 0.1) is 0 Å². The number of ether oxygens (including phenoxy) is 3. The van der Waals surface area contributed by atoms with Crippen molar-refractivity contribution in [3.8, 4) is 28.5 Å². The van der Waals surface area contributed by atoms with Crippen LogP contribution in [0.3, 0.4) is 0 Å². The van der Waals surface area contributed by atoms with Crippen molar-refractivity contribution < 1.29 is 14.2 Å². The molecule has 1 aromatic carbocycles. The summed E-state index contributed by atoms with van der Waals surface area (Å²) in [5.74, 6) is 2.36. The molecule has 0 bridgehead atoms. The van der Waals surface area contributed by atoms with Gasteiger partial charge in [0.2, 0.25) is 0 Å². The molecular formula is C18H18N2O3. The minimum atomic E-state index is 0.617. The van der Waals surface area contributed by atoms with Gasteiger partial charge in [-0.1, -0.05) is 0 Å². The van der Waals surface area contributed by atoms with Crippen LogP contribution in [0.15, 0.2) is 42.7 Å². The number of nitrogens with zero attached hydrogens (tertiary/aromatic N) is 2. The Morgan fingerprint density at radius 3 is 2.91 bits per heavy atom. The molecule has 23 heavy (non-hydrogen) atoms. The van der Waals surface area contributed by atoms with E-state index in [1.165, 1.54) is 0 Å². The van der Waals surface area contributed by atoms with Crippen LogP contribution in [0.4, 0.5) is 0 Å². The summed E-state index contributed by atoms with van der Waals surface area (Å²) < 4.78 is 19.1. The molecule has 0 fully saturated rings. The second-order valence-corrected chi connectivity index (χ2v) is 5.37. The average Bonchev–Trinajstić information content (AvgIpc) is 2.87. The second kappa shape index (κ2) is 5.83. The Bertz CT molecular complexity index is 841. The molecule has 0 N–H and O–H groups in total. The highest BCUT2D eigenvalue weighted by molar-refractivity contribution is 5.68. The first-order valence-electron chi connectivity index (χ1n) is 7.85. The molecule has 0 saturated heterocycles. The zero-order valence-corrected chi connectivity index (χ0v) is 13.0. The van der Waals surface area contributed by atoms with Crippen LogP contribution in [0.5, 0.6) is 17.2 Å². The van der Waals surface area contributed by atoms with Gasteiger partial charge < -0.3 is 18.6 Å². The highest BCUT2D eigenvalue weighted by Gasteiger charge is 2.14. The minimum Gasteiger partial charge on any atom is -0.490 e. The van der Waals surface area contributed by atoms with E-state index in [0.717, 1.165) is 40.6 Å². The van der Waals surface area contributed by atoms with E-state index < -0.39 is 0 Å². The number of hydrogen-bond acceptors (Lipinski definition) is 4. The standard InChI is InChI=1S/C18H18N2O3/c1-2-21-16-5-3-8-20-12-14(19-18(16)20)13-6-7-15-17(11-13)23-10-4-9-22-15/h3,5-8,11-12H,2,4,9-10H2,1H3. The molecule has 0 amide bonds. The van der Waals surface area contributed by atoms with Gasteiger partial charge in [0.15, 0.2) is 22.9 Å². The van der Waals surface area contributed by atoms with E-state index in [1.807, 2.05) is 54.0 Å². The quantitative estimate of drug-likeness (QED) is 0.742. The summed E-state index contributed by atoms with van der Waals surface area (Å²) in [4.78, 5) is 4.72. The lowest BCUT2D eigenvalue weighted by Gasteiger charge is -2.08. The Balaban J connectivity index is 1.77. The van der Waals surface area contributed by atoms with Crippen LogP contribution in [0.25, 0.3) is 16.9 Å². The normalized spacial score (nSPS) is 13.8. The van der Waals surface area contributed by atoms with Crippen molar-refractivity contribution in [3.63, 3.8) is 0 Å². The van der Waals surface area contributed by atoms with Gasteiger partial charge in [-0.15, -0.1) is 0 Å². The minimum absolute atomic E-state index is 0.617. The molecule has 5 nitrogen and oxygen atoms in total. The molecule has 1 aliphatic rings. The third-order valence-corrected chi connectivity index (χ3v) is 3.79. The van der Waals surface area contributed by atoms with Crippen LogP contribution < -0.4 is 14.2 Å². The Kier molecular flexibility index (Phi) is 3.54. The Morgan fingerprint density at radius 2 is 2.04 bits per heavy atom. The van der Waals surface area contributed by atoms with Gasteiger partial charge in [0.25, 0.3) is 0 Å². The molecule has 0 saturated carbocycles. The number of hydrogen-bond donors (Lipinski definition) is 0.